The van der Waals surface area contributed by atoms with E-state index in [9.17, 15) is 18.0 Å². The molecular weight excluding hydrogens is 494 g/mol. The third-order valence-corrected chi connectivity index (χ3v) is 5.37. The number of nitrogens with zero attached hydrogens (tertiary/aromatic N) is 2. The highest BCUT2D eigenvalue weighted by atomic mass is 35.5. The van der Waals surface area contributed by atoms with Gasteiger partial charge in [-0.15, -0.1) is 0 Å². The van der Waals surface area contributed by atoms with Crippen molar-refractivity contribution in [2.45, 2.75) is 32.7 Å². The van der Waals surface area contributed by atoms with Gasteiger partial charge in [0.05, 0.1) is 15.7 Å². The zero-order valence-electron chi connectivity index (χ0n) is 16.6. The van der Waals surface area contributed by atoms with E-state index < -0.39 is 22.8 Å². The van der Waals surface area contributed by atoms with E-state index in [1.54, 1.807) is 24.3 Å². The van der Waals surface area contributed by atoms with E-state index in [2.05, 4.69) is 10.4 Å². The van der Waals surface area contributed by atoms with Crippen molar-refractivity contribution in [2.75, 3.05) is 6.54 Å². The number of carbonyl (C=O) groups is 1. The van der Waals surface area contributed by atoms with Crippen molar-refractivity contribution < 1.29 is 27.1 Å². The standard InChI is InChI=1S/C20H17Cl3F3N3O3/c1-11-17(23)18(20(24,25)26)28-29(11)8-2-7-27-19(30)16-6-4-13(32-16)10-31-15-5-3-12(21)9-14(15)22/h3-6,9H,2,7-8,10H2,1H3,(H,27,30). The Balaban J connectivity index is 1.47. The first kappa shape index (κ1) is 24.3. The molecule has 3 rings (SSSR count). The van der Waals surface area contributed by atoms with Crippen molar-refractivity contribution in [3.05, 3.63) is 68.3 Å². The molecule has 2 aromatic heterocycles. The highest BCUT2D eigenvalue weighted by Crippen LogP contribution is 2.35. The molecule has 0 radical (unpaired) electrons. The molecule has 0 aliphatic carbocycles. The van der Waals surface area contributed by atoms with Crippen LogP contribution in [-0.2, 0) is 19.3 Å². The van der Waals surface area contributed by atoms with Gasteiger partial charge < -0.3 is 14.5 Å². The fourth-order valence-corrected chi connectivity index (χ4v) is 3.47. The van der Waals surface area contributed by atoms with E-state index in [0.717, 1.165) is 0 Å². The summed E-state index contributed by atoms with van der Waals surface area (Å²) in [7, 11) is 0. The van der Waals surface area contributed by atoms with Crippen LogP contribution in [0.15, 0.2) is 34.7 Å². The second-order valence-corrected chi connectivity index (χ2v) is 7.93. The molecule has 0 saturated heterocycles. The topological polar surface area (TPSA) is 69.3 Å². The Morgan fingerprint density at radius 2 is 1.97 bits per heavy atom. The van der Waals surface area contributed by atoms with Crippen molar-refractivity contribution in [2.24, 2.45) is 0 Å². The molecule has 0 unspecified atom stereocenters. The molecule has 1 N–H and O–H groups in total. The average Bonchev–Trinajstić information content (AvgIpc) is 3.30. The minimum atomic E-state index is -4.62. The smallest absolute Gasteiger partial charge is 0.436 e. The number of hydrogen-bond donors (Lipinski definition) is 1. The van der Waals surface area contributed by atoms with E-state index in [0.29, 0.717) is 28.0 Å². The van der Waals surface area contributed by atoms with Gasteiger partial charge in [-0.3, -0.25) is 9.48 Å². The van der Waals surface area contributed by atoms with Gasteiger partial charge in [0.15, 0.2) is 11.5 Å². The molecule has 3 aromatic rings. The quantitative estimate of drug-likeness (QED) is 0.368. The van der Waals surface area contributed by atoms with Crippen LogP contribution in [0, 0.1) is 6.92 Å². The second-order valence-electron chi connectivity index (χ2n) is 6.71. The van der Waals surface area contributed by atoms with Crippen LogP contribution in [-0.4, -0.2) is 22.2 Å². The number of aryl methyl sites for hydroxylation is 1. The molecule has 0 bridgehead atoms. The van der Waals surface area contributed by atoms with Gasteiger partial charge in [0.2, 0.25) is 0 Å². The minimum absolute atomic E-state index is 0.0511. The SMILES string of the molecule is Cc1c(Cl)c(C(F)(F)F)nn1CCCNC(=O)c1ccc(COc2ccc(Cl)cc2Cl)o1. The van der Waals surface area contributed by atoms with Crippen molar-refractivity contribution >= 4 is 40.7 Å². The summed E-state index contributed by atoms with van der Waals surface area (Å²) in [4.78, 5) is 12.2. The van der Waals surface area contributed by atoms with E-state index in [1.165, 1.54) is 17.7 Å². The minimum Gasteiger partial charge on any atom is -0.484 e. The van der Waals surface area contributed by atoms with Gasteiger partial charge in [-0.25, -0.2) is 0 Å². The normalized spacial score (nSPS) is 11.6. The first-order valence-corrected chi connectivity index (χ1v) is 10.4. The van der Waals surface area contributed by atoms with Gasteiger partial charge in [0.25, 0.3) is 5.91 Å². The first-order valence-electron chi connectivity index (χ1n) is 9.31. The van der Waals surface area contributed by atoms with Gasteiger partial charge in [0, 0.05) is 18.1 Å². The molecule has 6 nitrogen and oxygen atoms in total. The number of hydrogen-bond acceptors (Lipinski definition) is 4. The molecular formula is C20H17Cl3F3N3O3. The van der Waals surface area contributed by atoms with Crippen LogP contribution >= 0.6 is 34.8 Å². The van der Waals surface area contributed by atoms with Gasteiger partial charge >= 0.3 is 6.18 Å². The number of nitrogens with one attached hydrogen (secondary N) is 1. The number of carbonyl (C=O) groups excluding carboxylic acids is 1. The summed E-state index contributed by atoms with van der Waals surface area (Å²) in [5.74, 6) is 0.430. The fraction of sp³-hybridized carbons (Fsp3) is 0.300. The number of aromatic nitrogens is 2. The molecule has 32 heavy (non-hydrogen) atoms. The number of benzene rings is 1. The van der Waals surface area contributed by atoms with E-state index in [-0.39, 0.29) is 31.2 Å². The van der Waals surface area contributed by atoms with Crippen LogP contribution in [0.2, 0.25) is 15.1 Å². The highest BCUT2D eigenvalue weighted by Gasteiger charge is 2.38. The molecule has 1 amide bonds. The van der Waals surface area contributed by atoms with E-state index >= 15 is 0 Å². The number of amides is 1. The third-order valence-electron chi connectivity index (χ3n) is 4.38. The molecule has 0 aliphatic heterocycles. The predicted octanol–water partition coefficient (Wildman–Crippen LogP) is 6.16. The van der Waals surface area contributed by atoms with Crippen LogP contribution in [0.1, 0.15) is 34.1 Å². The third kappa shape index (κ3) is 5.90. The Bertz CT molecular complexity index is 1110. The predicted molar refractivity (Wildman–Crippen MR) is 113 cm³/mol. The van der Waals surface area contributed by atoms with Gasteiger partial charge in [0.1, 0.15) is 18.1 Å². The van der Waals surface area contributed by atoms with Crippen molar-refractivity contribution in [1.82, 2.24) is 15.1 Å². The summed E-state index contributed by atoms with van der Waals surface area (Å²) < 4.78 is 50.8. The maximum absolute atomic E-state index is 12.9. The Morgan fingerprint density at radius 1 is 1.22 bits per heavy atom. The van der Waals surface area contributed by atoms with Gasteiger partial charge in [-0.2, -0.15) is 18.3 Å². The highest BCUT2D eigenvalue weighted by molar-refractivity contribution is 6.35. The largest absolute Gasteiger partial charge is 0.484 e. The number of ether oxygens (including phenoxy) is 1. The van der Waals surface area contributed by atoms with Crippen LogP contribution < -0.4 is 10.1 Å². The lowest BCUT2D eigenvalue weighted by atomic mass is 10.3. The molecule has 0 aliphatic rings. The monoisotopic (exact) mass is 509 g/mol. The van der Waals surface area contributed by atoms with Crippen molar-refractivity contribution in [3.8, 4) is 5.75 Å². The zero-order chi connectivity index (χ0) is 23.5. The molecule has 12 heteroatoms. The van der Waals surface area contributed by atoms with E-state index in [4.69, 9.17) is 44.0 Å². The summed E-state index contributed by atoms with van der Waals surface area (Å²) in [5.41, 5.74) is -0.910. The Kier molecular flexibility index (Phi) is 7.63. The summed E-state index contributed by atoms with van der Waals surface area (Å²) >= 11 is 17.6. The van der Waals surface area contributed by atoms with Gasteiger partial charge in [-0.1, -0.05) is 34.8 Å². The van der Waals surface area contributed by atoms with Crippen molar-refractivity contribution in [3.63, 3.8) is 0 Å². The lowest BCUT2D eigenvalue weighted by molar-refractivity contribution is -0.141. The summed E-state index contributed by atoms with van der Waals surface area (Å²) in [5, 5.41) is 6.55. The average molecular weight is 511 g/mol. The number of alkyl halides is 3. The van der Waals surface area contributed by atoms with Gasteiger partial charge in [-0.05, 0) is 43.7 Å². The lowest BCUT2D eigenvalue weighted by Crippen LogP contribution is -2.25. The summed E-state index contributed by atoms with van der Waals surface area (Å²) in [6.45, 7) is 1.85. The molecule has 1 aromatic carbocycles. The maximum Gasteiger partial charge on any atom is 0.436 e. The molecule has 0 fully saturated rings. The van der Waals surface area contributed by atoms with Crippen LogP contribution in [0.5, 0.6) is 5.75 Å². The number of rotatable bonds is 8. The fourth-order valence-electron chi connectivity index (χ4n) is 2.76. The molecule has 2 heterocycles. The Hall–Kier alpha value is -2.36. The summed E-state index contributed by atoms with van der Waals surface area (Å²) in [6.07, 6.45) is -4.28. The Labute approximate surface area is 196 Å². The first-order chi connectivity index (χ1) is 15.1. The second kappa shape index (κ2) is 10.1. The Morgan fingerprint density at radius 3 is 2.62 bits per heavy atom. The number of halogens is 6. The molecule has 0 spiro atoms. The summed E-state index contributed by atoms with van der Waals surface area (Å²) in [6, 6.07) is 7.87. The molecule has 172 valence electrons. The van der Waals surface area contributed by atoms with Crippen LogP contribution in [0.4, 0.5) is 13.2 Å². The molecule has 0 saturated carbocycles. The van der Waals surface area contributed by atoms with Crippen molar-refractivity contribution in [1.29, 1.82) is 0 Å². The molecule has 0 atom stereocenters. The van der Waals surface area contributed by atoms with E-state index in [1.807, 2.05) is 0 Å². The lowest BCUT2D eigenvalue weighted by Gasteiger charge is -2.07. The van der Waals surface area contributed by atoms with Crippen LogP contribution in [0.3, 0.4) is 0 Å². The van der Waals surface area contributed by atoms with Crippen LogP contribution in [0.25, 0.3) is 0 Å². The maximum atomic E-state index is 12.9. The number of furan rings is 1. The zero-order valence-corrected chi connectivity index (χ0v) is 18.9.